The van der Waals surface area contributed by atoms with Gasteiger partial charge >= 0.3 is 11.9 Å². The number of carboxylic acids is 2. The zero-order valence-electron chi connectivity index (χ0n) is 13.4. The minimum Gasteiger partial charge on any atom is -0.473 e. The van der Waals surface area contributed by atoms with Gasteiger partial charge in [-0.25, -0.2) is 9.59 Å². The van der Waals surface area contributed by atoms with Crippen molar-refractivity contribution in [3.05, 3.63) is 0 Å². The fourth-order valence-electron chi connectivity index (χ4n) is 2.44. The maximum absolute atomic E-state index is 9.10. The molecule has 0 unspecified atom stereocenters. The number of carboxylic acid groups (broad SMARTS) is 2. The Hall–Kier alpha value is -1.30. The molecule has 10 heteroatoms. The molecule has 0 aromatic rings. The van der Waals surface area contributed by atoms with Crippen LogP contribution in [0.2, 0.25) is 0 Å². The average molecular weight is 348 g/mol. The van der Waals surface area contributed by atoms with E-state index in [0.717, 1.165) is 65.8 Å². The number of morpholine rings is 2. The molecular formula is C14H24N2O8. The Morgan fingerprint density at radius 1 is 0.750 bits per heavy atom. The molecule has 4 N–H and O–H groups in total. The van der Waals surface area contributed by atoms with Crippen molar-refractivity contribution in [1.82, 2.24) is 10.6 Å². The molecule has 4 saturated heterocycles. The molecule has 4 aliphatic heterocycles. The first-order valence-corrected chi connectivity index (χ1v) is 7.78. The Labute approximate surface area is 139 Å². The smallest absolute Gasteiger partial charge is 0.414 e. The van der Waals surface area contributed by atoms with E-state index in [9.17, 15) is 0 Å². The van der Waals surface area contributed by atoms with Crippen LogP contribution in [0.4, 0.5) is 0 Å². The van der Waals surface area contributed by atoms with Gasteiger partial charge in [0.25, 0.3) is 0 Å². The van der Waals surface area contributed by atoms with Gasteiger partial charge in [0.2, 0.25) is 0 Å². The molecule has 0 bridgehead atoms. The summed E-state index contributed by atoms with van der Waals surface area (Å²) >= 11 is 0. The number of nitrogens with one attached hydrogen (secondary N) is 2. The second-order valence-corrected chi connectivity index (χ2v) is 6.01. The first-order chi connectivity index (χ1) is 11.5. The molecule has 0 aromatic heterocycles. The molecule has 4 rings (SSSR count). The quantitative estimate of drug-likeness (QED) is 0.361. The minimum absolute atomic E-state index is 0.0677. The SMILES string of the molecule is C1COC2(CN1)COC2.C1COC2(CN1)COC2.O=C(O)C(=O)O. The van der Waals surface area contributed by atoms with E-state index in [4.69, 9.17) is 38.7 Å². The van der Waals surface area contributed by atoms with Crippen LogP contribution in [0.5, 0.6) is 0 Å². The standard InChI is InChI=1S/2C6H11NO2.C2H2O4/c2*1-2-9-6(3-7-1)4-8-5-6;3-1(4)2(5)6/h2*7H,1-5H2;(H,3,4)(H,5,6). The van der Waals surface area contributed by atoms with Crippen LogP contribution in [-0.2, 0) is 28.5 Å². The van der Waals surface area contributed by atoms with Crippen LogP contribution >= 0.6 is 0 Å². The van der Waals surface area contributed by atoms with Crippen LogP contribution in [-0.4, -0.2) is 99.2 Å². The van der Waals surface area contributed by atoms with Crippen LogP contribution in [0.15, 0.2) is 0 Å². The highest BCUT2D eigenvalue weighted by molar-refractivity contribution is 6.27. The van der Waals surface area contributed by atoms with E-state index in [1.54, 1.807) is 0 Å². The van der Waals surface area contributed by atoms with Crippen LogP contribution in [0.3, 0.4) is 0 Å². The topological polar surface area (TPSA) is 136 Å². The number of hydrogen-bond donors (Lipinski definition) is 4. The number of rotatable bonds is 0. The van der Waals surface area contributed by atoms with Crippen molar-refractivity contribution in [2.45, 2.75) is 11.2 Å². The van der Waals surface area contributed by atoms with E-state index in [-0.39, 0.29) is 11.2 Å². The lowest BCUT2D eigenvalue weighted by Gasteiger charge is -2.43. The Morgan fingerprint density at radius 2 is 1.12 bits per heavy atom. The van der Waals surface area contributed by atoms with Crippen molar-refractivity contribution in [1.29, 1.82) is 0 Å². The Morgan fingerprint density at radius 3 is 1.25 bits per heavy atom. The third-order valence-electron chi connectivity index (χ3n) is 3.91. The minimum atomic E-state index is -1.82. The summed E-state index contributed by atoms with van der Waals surface area (Å²) in [7, 11) is 0. The summed E-state index contributed by atoms with van der Waals surface area (Å²) in [5.74, 6) is -3.65. The zero-order chi connectivity index (χ0) is 17.5. The van der Waals surface area contributed by atoms with Crippen molar-refractivity contribution in [2.24, 2.45) is 0 Å². The van der Waals surface area contributed by atoms with E-state index in [1.165, 1.54) is 0 Å². The predicted octanol–water partition coefficient (Wildman–Crippen LogP) is -2.09. The molecule has 4 fully saturated rings. The van der Waals surface area contributed by atoms with Gasteiger partial charge in [-0.1, -0.05) is 0 Å². The summed E-state index contributed by atoms with van der Waals surface area (Å²) in [6, 6.07) is 0. The van der Waals surface area contributed by atoms with E-state index in [2.05, 4.69) is 10.6 Å². The molecule has 0 saturated carbocycles. The molecule has 0 radical (unpaired) electrons. The monoisotopic (exact) mass is 348 g/mol. The lowest BCUT2D eigenvalue weighted by Crippen LogP contribution is -2.61. The van der Waals surface area contributed by atoms with Gasteiger partial charge in [-0.2, -0.15) is 0 Å². The van der Waals surface area contributed by atoms with Gasteiger partial charge in [0, 0.05) is 26.2 Å². The molecule has 0 aromatic carbocycles. The van der Waals surface area contributed by atoms with E-state index >= 15 is 0 Å². The zero-order valence-corrected chi connectivity index (χ0v) is 13.4. The number of carbonyl (C=O) groups is 2. The number of hydrogen-bond acceptors (Lipinski definition) is 8. The second-order valence-electron chi connectivity index (χ2n) is 6.01. The lowest BCUT2D eigenvalue weighted by molar-refractivity contribution is -0.217. The molecule has 138 valence electrons. The van der Waals surface area contributed by atoms with Gasteiger partial charge in [0.05, 0.1) is 39.6 Å². The van der Waals surface area contributed by atoms with Crippen LogP contribution in [0.25, 0.3) is 0 Å². The Balaban J connectivity index is 0.000000134. The van der Waals surface area contributed by atoms with Gasteiger partial charge in [-0.15, -0.1) is 0 Å². The summed E-state index contributed by atoms with van der Waals surface area (Å²) in [5.41, 5.74) is 0.135. The van der Waals surface area contributed by atoms with Gasteiger partial charge in [-0.3, -0.25) is 0 Å². The Bertz CT molecular complexity index is 380. The van der Waals surface area contributed by atoms with E-state index in [1.807, 2.05) is 0 Å². The average Bonchev–Trinajstić information content (AvgIpc) is 2.55. The molecule has 4 heterocycles. The fourth-order valence-corrected chi connectivity index (χ4v) is 2.44. The van der Waals surface area contributed by atoms with E-state index < -0.39 is 11.9 Å². The third-order valence-corrected chi connectivity index (χ3v) is 3.91. The van der Waals surface area contributed by atoms with Gasteiger partial charge in [0.15, 0.2) is 0 Å². The van der Waals surface area contributed by atoms with Crippen molar-refractivity contribution < 1.29 is 38.7 Å². The van der Waals surface area contributed by atoms with Gasteiger partial charge in [0.1, 0.15) is 11.2 Å². The highest BCUT2D eigenvalue weighted by atomic mass is 16.6. The van der Waals surface area contributed by atoms with E-state index in [0.29, 0.717) is 0 Å². The van der Waals surface area contributed by atoms with Crippen molar-refractivity contribution >= 4 is 11.9 Å². The van der Waals surface area contributed by atoms with Crippen molar-refractivity contribution in [3.63, 3.8) is 0 Å². The molecule has 0 aliphatic carbocycles. The highest BCUT2D eigenvalue weighted by Gasteiger charge is 2.41. The second kappa shape index (κ2) is 8.70. The highest BCUT2D eigenvalue weighted by Crippen LogP contribution is 2.22. The summed E-state index contributed by atoms with van der Waals surface area (Å²) in [5, 5.41) is 21.3. The van der Waals surface area contributed by atoms with Crippen LogP contribution < -0.4 is 10.6 Å². The number of ether oxygens (including phenoxy) is 4. The van der Waals surface area contributed by atoms with Gasteiger partial charge in [-0.05, 0) is 0 Å². The van der Waals surface area contributed by atoms with Crippen molar-refractivity contribution in [2.75, 3.05) is 65.8 Å². The van der Waals surface area contributed by atoms with Crippen LogP contribution in [0, 0.1) is 0 Å². The van der Waals surface area contributed by atoms with Crippen molar-refractivity contribution in [3.8, 4) is 0 Å². The molecule has 24 heavy (non-hydrogen) atoms. The molecule has 2 spiro atoms. The summed E-state index contributed by atoms with van der Waals surface area (Å²) in [6.07, 6.45) is 0. The third kappa shape index (κ3) is 5.36. The first kappa shape index (κ1) is 19.0. The maximum Gasteiger partial charge on any atom is 0.414 e. The normalized spacial score (nSPS) is 25.8. The summed E-state index contributed by atoms with van der Waals surface area (Å²) in [6.45, 7) is 8.69. The molecule has 10 nitrogen and oxygen atoms in total. The van der Waals surface area contributed by atoms with Crippen LogP contribution in [0.1, 0.15) is 0 Å². The molecular weight excluding hydrogens is 324 g/mol. The molecule has 0 atom stereocenters. The fraction of sp³-hybridized carbons (Fsp3) is 0.857. The Kier molecular flexibility index (Phi) is 6.90. The maximum atomic E-state index is 9.10. The first-order valence-electron chi connectivity index (χ1n) is 7.78. The predicted molar refractivity (Wildman–Crippen MR) is 80.0 cm³/mol. The number of aliphatic carboxylic acids is 2. The molecule has 4 aliphatic rings. The summed E-state index contributed by atoms with van der Waals surface area (Å²) < 4.78 is 21.1. The van der Waals surface area contributed by atoms with Gasteiger partial charge < -0.3 is 39.8 Å². The molecule has 0 amide bonds. The summed E-state index contributed by atoms with van der Waals surface area (Å²) in [4.78, 5) is 18.2. The largest absolute Gasteiger partial charge is 0.473 e. The lowest BCUT2D eigenvalue weighted by atomic mass is 10.0.